The highest BCUT2D eigenvalue weighted by Gasteiger charge is 2.10. The lowest BCUT2D eigenvalue weighted by Crippen LogP contribution is -1.91. The van der Waals surface area contributed by atoms with E-state index in [1.54, 1.807) is 12.3 Å². The monoisotopic (exact) mass is 276 g/mol. The molecule has 0 aliphatic heterocycles. The number of phenolic OH excluding ortho intramolecular Hbond substituents is 1. The average Bonchev–Trinajstić information content (AvgIpc) is 2.61. The summed E-state index contributed by atoms with van der Waals surface area (Å²) in [5.41, 5.74) is 2.73. The molecule has 4 heteroatoms. The second-order valence-corrected chi connectivity index (χ2v) is 4.59. The second kappa shape index (κ2) is 3.22. The van der Waals surface area contributed by atoms with E-state index in [-0.39, 0.29) is 5.75 Å². The van der Waals surface area contributed by atoms with E-state index < -0.39 is 0 Å². The quantitative estimate of drug-likeness (QED) is 0.684. The number of hydrogen-bond acceptors (Lipinski definition) is 2. The number of phenols is 1. The van der Waals surface area contributed by atoms with E-state index in [1.165, 1.54) is 0 Å². The molecule has 0 saturated heterocycles. The van der Waals surface area contributed by atoms with Crippen molar-refractivity contribution >= 4 is 32.5 Å². The summed E-state index contributed by atoms with van der Waals surface area (Å²) >= 11 is 3.44. The molecule has 1 aromatic carbocycles. The van der Waals surface area contributed by atoms with Gasteiger partial charge in [0.2, 0.25) is 0 Å². The highest BCUT2D eigenvalue weighted by Crippen LogP contribution is 2.30. The van der Waals surface area contributed by atoms with Crippen LogP contribution in [0.1, 0.15) is 5.56 Å². The predicted octanol–water partition coefficient (Wildman–Crippen LogP) is 3.26. The molecule has 0 aliphatic rings. The first-order valence-corrected chi connectivity index (χ1v) is 5.72. The molecule has 2 heterocycles. The minimum atomic E-state index is 0.268. The number of pyridine rings is 1. The van der Waals surface area contributed by atoms with Gasteiger partial charge in [-0.25, -0.2) is 4.98 Å². The van der Waals surface area contributed by atoms with Gasteiger partial charge in [0.05, 0.1) is 11.7 Å². The Labute approximate surface area is 100 Å². The zero-order valence-electron chi connectivity index (χ0n) is 8.61. The van der Waals surface area contributed by atoms with E-state index in [2.05, 4.69) is 20.9 Å². The molecular formula is C12H9BrN2O. The van der Waals surface area contributed by atoms with Gasteiger partial charge < -0.3 is 5.11 Å². The van der Waals surface area contributed by atoms with E-state index >= 15 is 0 Å². The van der Waals surface area contributed by atoms with Crippen molar-refractivity contribution in [3.8, 4) is 5.75 Å². The van der Waals surface area contributed by atoms with Crippen LogP contribution < -0.4 is 0 Å². The number of nitrogens with zero attached hydrogens (tertiary/aromatic N) is 2. The van der Waals surface area contributed by atoms with Gasteiger partial charge in [-0.05, 0) is 40.5 Å². The van der Waals surface area contributed by atoms with E-state index in [0.29, 0.717) is 0 Å². The van der Waals surface area contributed by atoms with E-state index in [0.717, 1.165) is 26.7 Å². The van der Waals surface area contributed by atoms with Crippen LogP contribution in [0.4, 0.5) is 0 Å². The standard InChI is InChI=1S/C12H9BrN2O/c1-7-5-11-14-6-10(13)15(11)12-8(7)3-2-4-9(12)16/h2-6,16H,1H3. The summed E-state index contributed by atoms with van der Waals surface area (Å²) in [5, 5.41) is 11.0. The maximum absolute atomic E-state index is 9.97. The van der Waals surface area contributed by atoms with Crippen molar-refractivity contribution in [2.24, 2.45) is 0 Å². The zero-order chi connectivity index (χ0) is 11.3. The van der Waals surface area contributed by atoms with Gasteiger partial charge in [0.25, 0.3) is 0 Å². The predicted molar refractivity (Wildman–Crippen MR) is 66.8 cm³/mol. The topological polar surface area (TPSA) is 37.5 Å². The Hall–Kier alpha value is -1.55. The van der Waals surface area contributed by atoms with Gasteiger partial charge in [0, 0.05) is 5.39 Å². The van der Waals surface area contributed by atoms with Gasteiger partial charge in [0.15, 0.2) is 0 Å². The Balaban J connectivity index is 2.71. The third kappa shape index (κ3) is 1.16. The van der Waals surface area contributed by atoms with E-state index in [1.807, 2.05) is 29.5 Å². The fourth-order valence-electron chi connectivity index (χ4n) is 2.02. The first-order chi connectivity index (χ1) is 7.68. The number of aryl methyl sites for hydroxylation is 1. The first-order valence-electron chi connectivity index (χ1n) is 4.93. The van der Waals surface area contributed by atoms with Crippen LogP contribution in [0.15, 0.2) is 35.1 Å². The second-order valence-electron chi connectivity index (χ2n) is 3.78. The molecule has 0 radical (unpaired) electrons. The van der Waals surface area contributed by atoms with E-state index in [4.69, 9.17) is 0 Å². The molecular weight excluding hydrogens is 268 g/mol. The largest absolute Gasteiger partial charge is 0.506 e. The van der Waals surface area contributed by atoms with Crippen LogP contribution in [0, 0.1) is 6.92 Å². The molecule has 1 N–H and O–H groups in total. The van der Waals surface area contributed by atoms with Gasteiger partial charge in [-0.3, -0.25) is 4.40 Å². The number of aromatic nitrogens is 2. The average molecular weight is 277 g/mol. The SMILES string of the molecule is Cc1cc2ncc(Br)n2c2c(O)cccc12. The molecule has 16 heavy (non-hydrogen) atoms. The third-order valence-electron chi connectivity index (χ3n) is 2.75. The van der Waals surface area contributed by atoms with E-state index in [9.17, 15) is 5.11 Å². The van der Waals surface area contributed by atoms with Crippen LogP contribution in [0.2, 0.25) is 0 Å². The lowest BCUT2D eigenvalue weighted by Gasteiger charge is -2.08. The first kappa shape index (κ1) is 9.66. The van der Waals surface area contributed by atoms with Crippen molar-refractivity contribution in [2.75, 3.05) is 0 Å². The molecule has 3 rings (SSSR count). The molecule has 0 atom stereocenters. The Morgan fingerprint density at radius 3 is 3.00 bits per heavy atom. The summed E-state index contributed by atoms with van der Waals surface area (Å²) in [6.07, 6.45) is 1.74. The van der Waals surface area contributed by atoms with Crippen LogP contribution in [0.5, 0.6) is 5.75 Å². The maximum atomic E-state index is 9.97. The van der Waals surface area contributed by atoms with Crippen LogP contribution in [0.3, 0.4) is 0 Å². The summed E-state index contributed by atoms with van der Waals surface area (Å²) in [6, 6.07) is 7.54. The van der Waals surface area contributed by atoms with Gasteiger partial charge >= 0.3 is 0 Å². The summed E-state index contributed by atoms with van der Waals surface area (Å²) in [4.78, 5) is 4.28. The number of aromatic hydroxyl groups is 1. The minimum absolute atomic E-state index is 0.268. The number of para-hydroxylation sites is 1. The highest BCUT2D eigenvalue weighted by atomic mass is 79.9. The Morgan fingerprint density at radius 2 is 2.19 bits per heavy atom. The fourth-order valence-corrected chi connectivity index (χ4v) is 2.48. The molecule has 2 aromatic heterocycles. The van der Waals surface area contributed by atoms with Gasteiger partial charge in [-0.1, -0.05) is 12.1 Å². The van der Waals surface area contributed by atoms with Crippen molar-refractivity contribution in [2.45, 2.75) is 6.92 Å². The lowest BCUT2D eigenvalue weighted by molar-refractivity contribution is 0.480. The summed E-state index contributed by atoms with van der Waals surface area (Å²) < 4.78 is 2.74. The van der Waals surface area contributed by atoms with Crippen LogP contribution >= 0.6 is 15.9 Å². The fraction of sp³-hybridized carbons (Fsp3) is 0.0833. The number of hydrogen-bond donors (Lipinski definition) is 1. The lowest BCUT2D eigenvalue weighted by atomic mass is 10.1. The van der Waals surface area contributed by atoms with Crippen molar-refractivity contribution in [3.05, 3.63) is 40.6 Å². The van der Waals surface area contributed by atoms with Crippen LogP contribution in [-0.2, 0) is 0 Å². The summed E-state index contributed by atoms with van der Waals surface area (Å²) in [7, 11) is 0. The molecule has 0 bridgehead atoms. The number of fused-ring (bicyclic) bond motifs is 3. The normalized spacial score (nSPS) is 11.4. The summed E-state index contributed by atoms with van der Waals surface area (Å²) in [6.45, 7) is 2.02. The number of imidazole rings is 1. The van der Waals surface area contributed by atoms with Gasteiger partial charge in [0.1, 0.15) is 16.0 Å². The molecule has 0 unspecified atom stereocenters. The Bertz CT molecular complexity index is 703. The molecule has 3 aromatic rings. The van der Waals surface area contributed by atoms with Gasteiger partial charge in [-0.2, -0.15) is 0 Å². The zero-order valence-corrected chi connectivity index (χ0v) is 10.2. The number of rotatable bonds is 0. The third-order valence-corrected chi connectivity index (χ3v) is 3.31. The Kier molecular flexibility index (Phi) is 1.94. The van der Waals surface area contributed by atoms with Crippen LogP contribution in [-0.4, -0.2) is 14.5 Å². The molecule has 3 nitrogen and oxygen atoms in total. The highest BCUT2D eigenvalue weighted by molar-refractivity contribution is 9.10. The molecule has 0 saturated carbocycles. The number of benzene rings is 1. The molecule has 0 spiro atoms. The molecule has 0 fully saturated rings. The maximum Gasteiger partial charge on any atom is 0.140 e. The number of halogens is 1. The van der Waals surface area contributed by atoms with Crippen molar-refractivity contribution in [1.82, 2.24) is 9.38 Å². The van der Waals surface area contributed by atoms with Gasteiger partial charge in [-0.15, -0.1) is 0 Å². The Morgan fingerprint density at radius 1 is 1.38 bits per heavy atom. The minimum Gasteiger partial charge on any atom is -0.506 e. The van der Waals surface area contributed by atoms with Crippen molar-refractivity contribution in [1.29, 1.82) is 0 Å². The summed E-state index contributed by atoms with van der Waals surface area (Å²) in [5.74, 6) is 0.268. The molecule has 0 aliphatic carbocycles. The smallest absolute Gasteiger partial charge is 0.140 e. The van der Waals surface area contributed by atoms with Crippen molar-refractivity contribution < 1.29 is 5.11 Å². The molecule has 0 amide bonds. The molecule has 80 valence electrons. The van der Waals surface area contributed by atoms with Crippen molar-refractivity contribution in [3.63, 3.8) is 0 Å². The van der Waals surface area contributed by atoms with Crippen LogP contribution in [0.25, 0.3) is 16.6 Å².